The zero-order chi connectivity index (χ0) is 13.8. The number of anilines is 1. The van der Waals surface area contributed by atoms with Gasteiger partial charge in [0.1, 0.15) is 5.75 Å². The Morgan fingerprint density at radius 2 is 2.11 bits per heavy atom. The molecule has 0 aliphatic carbocycles. The van der Waals surface area contributed by atoms with Crippen molar-refractivity contribution in [3.05, 3.63) is 30.9 Å². The van der Waals surface area contributed by atoms with Crippen LogP contribution < -0.4 is 5.73 Å². The van der Waals surface area contributed by atoms with E-state index in [1.165, 1.54) is 24.3 Å². The molecule has 0 aromatic heterocycles. The third-order valence-corrected chi connectivity index (χ3v) is 4.18. The number of aliphatic hydroxyl groups is 1. The van der Waals surface area contributed by atoms with Gasteiger partial charge in [-0.05, 0) is 18.2 Å². The van der Waals surface area contributed by atoms with Crippen molar-refractivity contribution in [3.8, 4) is 5.75 Å². The van der Waals surface area contributed by atoms with Crippen LogP contribution in [0.15, 0.2) is 35.7 Å². The molecule has 0 amide bonds. The Kier molecular flexibility index (Phi) is 4.71. The summed E-state index contributed by atoms with van der Waals surface area (Å²) in [5, 5.41) is 18.1. The average molecular weight is 272 g/mol. The van der Waals surface area contributed by atoms with Crippen molar-refractivity contribution in [3.63, 3.8) is 0 Å². The number of hydrogen-bond donors (Lipinski definition) is 3. The normalized spacial score (nSPS) is 11.7. The van der Waals surface area contributed by atoms with Crippen molar-refractivity contribution in [2.45, 2.75) is 4.90 Å². The van der Waals surface area contributed by atoms with Gasteiger partial charge >= 0.3 is 0 Å². The number of phenolic OH excluding ortho intramolecular Hbond substituents is 1. The van der Waals surface area contributed by atoms with Gasteiger partial charge in [0.05, 0.1) is 17.2 Å². The Bertz CT molecular complexity index is 528. The second-order valence-corrected chi connectivity index (χ2v) is 5.53. The first-order valence-corrected chi connectivity index (χ1v) is 6.68. The summed E-state index contributed by atoms with van der Waals surface area (Å²) < 4.78 is 25.5. The van der Waals surface area contributed by atoms with E-state index in [2.05, 4.69) is 6.58 Å². The maximum absolute atomic E-state index is 12.2. The zero-order valence-corrected chi connectivity index (χ0v) is 10.6. The Labute approximate surface area is 106 Å². The molecule has 0 radical (unpaired) electrons. The molecule has 7 heteroatoms. The lowest BCUT2D eigenvalue weighted by Crippen LogP contribution is -2.33. The quantitative estimate of drug-likeness (QED) is 0.388. The number of nitrogen functional groups attached to an aromatic ring is 1. The molecule has 0 atom stereocenters. The molecule has 6 nitrogen and oxygen atoms in total. The Balaban J connectivity index is 3.17. The standard InChI is InChI=1S/C11H16N2O4S/c1-2-5-13(6-7-14)18(16,17)9-3-4-11(15)10(12)8-9/h2-4,8,14-15H,1,5-7,12H2. The molecule has 0 aliphatic rings. The zero-order valence-electron chi connectivity index (χ0n) is 9.78. The Morgan fingerprint density at radius 3 is 2.61 bits per heavy atom. The second-order valence-electron chi connectivity index (χ2n) is 3.60. The summed E-state index contributed by atoms with van der Waals surface area (Å²) in [5.41, 5.74) is 5.45. The smallest absolute Gasteiger partial charge is 0.243 e. The predicted octanol–water partition coefficient (Wildman–Crippen LogP) is 0.143. The SMILES string of the molecule is C=CCN(CCO)S(=O)(=O)c1ccc(O)c(N)c1. The molecule has 4 N–H and O–H groups in total. The highest BCUT2D eigenvalue weighted by Gasteiger charge is 2.23. The van der Waals surface area contributed by atoms with Crippen molar-refractivity contribution in [1.29, 1.82) is 0 Å². The number of nitrogens with two attached hydrogens (primary N) is 1. The fourth-order valence-electron chi connectivity index (χ4n) is 1.41. The molecule has 0 unspecified atom stereocenters. The minimum Gasteiger partial charge on any atom is -0.506 e. The van der Waals surface area contributed by atoms with E-state index >= 15 is 0 Å². The number of nitrogens with zero attached hydrogens (tertiary/aromatic N) is 1. The Hall–Kier alpha value is -1.57. The number of sulfonamides is 1. The van der Waals surface area contributed by atoms with Gasteiger partial charge in [0.2, 0.25) is 10.0 Å². The van der Waals surface area contributed by atoms with Crippen LogP contribution in [-0.4, -0.2) is 42.6 Å². The first kappa shape index (κ1) is 14.5. The van der Waals surface area contributed by atoms with E-state index in [4.69, 9.17) is 10.8 Å². The highest BCUT2D eigenvalue weighted by molar-refractivity contribution is 7.89. The van der Waals surface area contributed by atoms with Crippen molar-refractivity contribution in [1.82, 2.24) is 4.31 Å². The first-order valence-electron chi connectivity index (χ1n) is 5.24. The number of benzene rings is 1. The van der Waals surface area contributed by atoms with E-state index in [-0.39, 0.29) is 36.0 Å². The molecular formula is C11H16N2O4S. The topological polar surface area (TPSA) is 104 Å². The lowest BCUT2D eigenvalue weighted by atomic mass is 10.3. The van der Waals surface area contributed by atoms with Crippen molar-refractivity contribution in [2.24, 2.45) is 0 Å². The molecule has 0 saturated heterocycles. The van der Waals surface area contributed by atoms with E-state index < -0.39 is 10.0 Å². The van der Waals surface area contributed by atoms with Crippen LogP contribution >= 0.6 is 0 Å². The molecule has 18 heavy (non-hydrogen) atoms. The van der Waals surface area contributed by atoms with Crippen LogP contribution in [0.4, 0.5) is 5.69 Å². The average Bonchev–Trinajstić information content (AvgIpc) is 2.32. The van der Waals surface area contributed by atoms with E-state index in [0.29, 0.717) is 0 Å². The van der Waals surface area contributed by atoms with Crippen molar-refractivity contribution in [2.75, 3.05) is 25.4 Å². The summed E-state index contributed by atoms with van der Waals surface area (Å²) in [6.45, 7) is 3.23. The van der Waals surface area contributed by atoms with Crippen LogP contribution in [0.2, 0.25) is 0 Å². The fourth-order valence-corrected chi connectivity index (χ4v) is 2.84. The highest BCUT2D eigenvalue weighted by Crippen LogP contribution is 2.25. The minimum absolute atomic E-state index is 0.0152. The molecule has 0 heterocycles. The monoisotopic (exact) mass is 272 g/mol. The van der Waals surface area contributed by atoms with Gasteiger partial charge in [-0.1, -0.05) is 6.08 Å². The van der Waals surface area contributed by atoms with Gasteiger partial charge in [0, 0.05) is 13.1 Å². The van der Waals surface area contributed by atoms with Gasteiger partial charge in [-0.2, -0.15) is 4.31 Å². The molecule has 100 valence electrons. The van der Waals surface area contributed by atoms with E-state index in [1.54, 1.807) is 0 Å². The van der Waals surface area contributed by atoms with Crippen LogP contribution in [0.3, 0.4) is 0 Å². The third kappa shape index (κ3) is 3.00. The molecule has 0 saturated carbocycles. The molecule has 1 aromatic rings. The van der Waals surface area contributed by atoms with Gasteiger partial charge in [-0.3, -0.25) is 0 Å². The summed E-state index contributed by atoms with van der Waals surface area (Å²) >= 11 is 0. The first-order chi connectivity index (χ1) is 8.43. The lowest BCUT2D eigenvalue weighted by molar-refractivity contribution is 0.260. The van der Waals surface area contributed by atoms with Crippen molar-refractivity contribution >= 4 is 15.7 Å². The highest BCUT2D eigenvalue weighted by atomic mass is 32.2. The van der Waals surface area contributed by atoms with Crippen LogP contribution in [0.25, 0.3) is 0 Å². The summed E-state index contributed by atoms with van der Waals surface area (Å²) in [4.78, 5) is -0.0342. The predicted molar refractivity (Wildman–Crippen MR) is 68.6 cm³/mol. The number of aromatic hydroxyl groups is 1. The number of phenols is 1. The lowest BCUT2D eigenvalue weighted by Gasteiger charge is -2.19. The van der Waals surface area contributed by atoms with E-state index in [1.807, 2.05) is 0 Å². The molecule has 0 bridgehead atoms. The summed E-state index contributed by atoms with van der Waals surface area (Å²) in [6, 6.07) is 3.65. The second kappa shape index (κ2) is 5.85. The summed E-state index contributed by atoms with van der Waals surface area (Å²) in [5.74, 6) is -0.175. The van der Waals surface area contributed by atoms with Crippen LogP contribution in [0, 0.1) is 0 Å². The number of hydrogen-bond acceptors (Lipinski definition) is 5. The van der Waals surface area contributed by atoms with E-state index in [0.717, 1.165) is 4.31 Å². The molecule has 1 rings (SSSR count). The fraction of sp³-hybridized carbons (Fsp3) is 0.273. The van der Waals surface area contributed by atoms with Gasteiger partial charge in [0.15, 0.2) is 0 Å². The van der Waals surface area contributed by atoms with Gasteiger partial charge in [-0.25, -0.2) is 8.42 Å². The van der Waals surface area contributed by atoms with Gasteiger partial charge in [0.25, 0.3) is 0 Å². The van der Waals surface area contributed by atoms with Crippen molar-refractivity contribution < 1.29 is 18.6 Å². The van der Waals surface area contributed by atoms with Gasteiger partial charge < -0.3 is 15.9 Å². The number of rotatable bonds is 6. The maximum atomic E-state index is 12.2. The largest absolute Gasteiger partial charge is 0.506 e. The van der Waals surface area contributed by atoms with Crippen LogP contribution in [0.1, 0.15) is 0 Å². The Morgan fingerprint density at radius 1 is 1.44 bits per heavy atom. The molecular weight excluding hydrogens is 256 g/mol. The minimum atomic E-state index is -3.75. The molecule has 0 fully saturated rings. The summed E-state index contributed by atoms with van der Waals surface area (Å²) in [6.07, 6.45) is 1.43. The molecule has 0 aliphatic heterocycles. The van der Waals surface area contributed by atoms with E-state index in [9.17, 15) is 13.5 Å². The molecule has 0 spiro atoms. The summed E-state index contributed by atoms with van der Waals surface area (Å²) in [7, 11) is -3.75. The molecule has 1 aromatic carbocycles. The maximum Gasteiger partial charge on any atom is 0.243 e. The van der Waals surface area contributed by atoms with Gasteiger partial charge in [-0.15, -0.1) is 6.58 Å². The third-order valence-electron chi connectivity index (χ3n) is 2.32. The number of aliphatic hydroxyl groups excluding tert-OH is 1. The van der Waals surface area contributed by atoms with Crippen LogP contribution in [0.5, 0.6) is 5.75 Å². The van der Waals surface area contributed by atoms with Crippen LogP contribution in [-0.2, 0) is 10.0 Å².